The van der Waals surface area contributed by atoms with Crippen molar-refractivity contribution in [2.75, 3.05) is 19.6 Å². The van der Waals surface area contributed by atoms with Gasteiger partial charge in [-0.25, -0.2) is 4.79 Å². The first kappa shape index (κ1) is 18.0. The monoisotopic (exact) mass is 365 g/mol. The molecule has 1 saturated heterocycles. The van der Waals surface area contributed by atoms with Crippen molar-refractivity contribution in [1.82, 2.24) is 14.8 Å². The first-order valence-corrected chi connectivity index (χ1v) is 9.25. The summed E-state index contributed by atoms with van der Waals surface area (Å²) in [7, 11) is 0. The zero-order valence-electron chi connectivity index (χ0n) is 14.5. The highest BCUT2D eigenvalue weighted by atomic mass is 35.5. The summed E-state index contributed by atoms with van der Waals surface area (Å²) in [6.07, 6.45) is 3.39. The Bertz CT molecular complexity index is 790. The Morgan fingerprint density at radius 2 is 2.08 bits per heavy atom. The van der Waals surface area contributed by atoms with Crippen molar-refractivity contribution in [3.8, 4) is 0 Å². The molecular formula is C18H24ClN3O3. The lowest BCUT2D eigenvalue weighted by molar-refractivity contribution is -0.122. The number of carbonyl (C=O) groups excluding carboxylic acids is 1. The summed E-state index contributed by atoms with van der Waals surface area (Å²) in [5.74, 6) is -0.484. The normalized spacial score (nSPS) is 16.4. The minimum Gasteiger partial charge on any atom is -0.408 e. The summed E-state index contributed by atoms with van der Waals surface area (Å²) >= 11 is 5.91. The molecule has 0 atom stereocenters. The summed E-state index contributed by atoms with van der Waals surface area (Å²) in [6.45, 7) is 5.68. The van der Waals surface area contributed by atoms with Gasteiger partial charge in [0, 0.05) is 43.2 Å². The molecule has 0 radical (unpaired) electrons. The highest BCUT2D eigenvalue weighted by molar-refractivity contribution is 6.31. The summed E-state index contributed by atoms with van der Waals surface area (Å²) in [5, 5.41) is 3.60. The first-order chi connectivity index (χ1) is 12.1. The van der Waals surface area contributed by atoms with Gasteiger partial charge in [0.2, 0.25) is 5.91 Å². The molecule has 0 unspecified atom stereocenters. The summed E-state index contributed by atoms with van der Waals surface area (Å²) in [5.41, 5.74) is 1.11. The number of nitrogens with zero attached hydrogens (tertiary/aromatic N) is 2. The highest BCUT2D eigenvalue weighted by Crippen LogP contribution is 2.18. The van der Waals surface area contributed by atoms with E-state index in [1.165, 1.54) is 4.57 Å². The molecule has 0 bridgehead atoms. The lowest BCUT2D eigenvalue weighted by Gasteiger charge is -2.32. The molecule has 6 nitrogen and oxygen atoms in total. The number of piperidine rings is 1. The molecular weight excluding hydrogens is 342 g/mol. The highest BCUT2D eigenvalue weighted by Gasteiger charge is 2.20. The summed E-state index contributed by atoms with van der Waals surface area (Å²) in [6, 6.07) is 5.29. The molecule has 1 aromatic carbocycles. The Morgan fingerprint density at radius 3 is 2.80 bits per heavy atom. The van der Waals surface area contributed by atoms with E-state index in [2.05, 4.69) is 17.1 Å². The fourth-order valence-electron chi connectivity index (χ4n) is 3.38. The van der Waals surface area contributed by atoms with Crippen molar-refractivity contribution in [3.63, 3.8) is 0 Å². The van der Waals surface area contributed by atoms with E-state index in [0.29, 0.717) is 22.7 Å². The van der Waals surface area contributed by atoms with Crippen LogP contribution in [0, 0.1) is 0 Å². The zero-order valence-corrected chi connectivity index (χ0v) is 15.2. The molecule has 0 aliphatic carbocycles. The molecule has 7 heteroatoms. The molecule has 136 valence electrons. The maximum Gasteiger partial charge on any atom is 0.419 e. The number of fused-ring (bicyclic) bond motifs is 1. The van der Waals surface area contributed by atoms with Gasteiger partial charge in [-0.05, 0) is 37.9 Å². The fourth-order valence-corrected chi connectivity index (χ4v) is 3.54. The van der Waals surface area contributed by atoms with E-state index in [9.17, 15) is 9.59 Å². The second-order valence-electron chi connectivity index (χ2n) is 6.57. The Labute approximate surface area is 151 Å². The number of oxazole rings is 1. The van der Waals surface area contributed by atoms with E-state index in [1.54, 1.807) is 18.2 Å². The summed E-state index contributed by atoms with van der Waals surface area (Å²) in [4.78, 5) is 26.6. The molecule has 2 heterocycles. The molecule has 1 fully saturated rings. The zero-order chi connectivity index (χ0) is 17.8. The van der Waals surface area contributed by atoms with Crippen LogP contribution in [0.3, 0.4) is 0 Å². The third-order valence-corrected chi connectivity index (χ3v) is 4.92. The Hall–Kier alpha value is -1.79. The second kappa shape index (κ2) is 8.06. The predicted molar refractivity (Wildman–Crippen MR) is 98.0 cm³/mol. The predicted octanol–water partition coefficient (Wildman–Crippen LogP) is 2.63. The maximum atomic E-state index is 12.2. The standard InChI is InChI=1S/C18H24ClN3O3/c1-2-8-21-9-5-14(6-10-21)20-17(23)7-11-22-15-4-3-13(19)12-16(15)25-18(22)24/h3-4,12,14H,2,5-11H2,1H3,(H,20,23). The average molecular weight is 366 g/mol. The van der Waals surface area contributed by atoms with Crippen LogP contribution in [0.1, 0.15) is 32.6 Å². The van der Waals surface area contributed by atoms with Crippen molar-refractivity contribution < 1.29 is 9.21 Å². The van der Waals surface area contributed by atoms with E-state index in [4.69, 9.17) is 16.0 Å². The molecule has 1 aliphatic rings. The Kier molecular flexibility index (Phi) is 5.81. The maximum absolute atomic E-state index is 12.2. The van der Waals surface area contributed by atoms with Gasteiger partial charge in [-0.1, -0.05) is 18.5 Å². The molecule has 1 aromatic heterocycles. The third-order valence-electron chi connectivity index (χ3n) is 4.69. The van der Waals surface area contributed by atoms with Gasteiger partial charge in [-0.15, -0.1) is 0 Å². The molecule has 25 heavy (non-hydrogen) atoms. The van der Waals surface area contributed by atoms with Crippen LogP contribution in [0.4, 0.5) is 0 Å². The SMILES string of the molecule is CCCN1CCC(NC(=O)CCn2c(=O)oc3cc(Cl)ccc32)CC1. The number of hydrogen-bond donors (Lipinski definition) is 1. The van der Waals surface area contributed by atoms with Crippen LogP contribution < -0.4 is 11.1 Å². The van der Waals surface area contributed by atoms with Crippen molar-refractivity contribution in [1.29, 1.82) is 0 Å². The first-order valence-electron chi connectivity index (χ1n) is 8.87. The minimum absolute atomic E-state index is 0.0239. The number of halogens is 1. The minimum atomic E-state index is -0.460. The van der Waals surface area contributed by atoms with Crippen LogP contribution in [0.2, 0.25) is 5.02 Å². The molecule has 0 saturated carbocycles. The van der Waals surface area contributed by atoms with Crippen LogP contribution in [-0.4, -0.2) is 41.1 Å². The van der Waals surface area contributed by atoms with Gasteiger partial charge in [0.15, 0.2) is 5.58 Å². The van der Waals surface area contributed by atoms with Crippen LogP contribution in [-0.2, 0) is 11.3 Å². The van der Waals surface area contributed by atoms with E-state index in [-0.39, 0.29) is 18.4 Å². The van der Waals surface area contributed by atoms with E-state index in [0.717, 1.165) is 38.9 Å². The van der Waals surface area contributed by atoms with Gasteiger partial charge in [-0.2, -0.15) is 0 Å². The number of rotatable bonds is 6. The Balaban J connectivity index is 1.53. The topological polar surface area (TPSA) is 67.5 Å². The average Bonchev–Trinajstić information content (AvgIpc) is 2.89. The largest absolute Gasteiger partial charge is 0.419 e. The molecule has 0 spiro atoms. The summed E-state index contributed by atoms with van der Waals surface area (Å²) < 4.78 is 6.66. The van der Waals surface area contributed by atoms with Crippen LogP contribution in [0.25, 0.3) is 11.1 Å². The van der Waals surface area contributed by atoms with E-state index < -0.39 is 5.76 Å². The van der Waals surface area contributed by atoms with Crippen molar-refractivity contribution in [2.45, 2.75) is 45.2 Å². The van der Waals surface area contributed by atoms with Crippen LogP contribution in [0.15, 0.2) is 27.4 Å². The lowest BCUT2D eigenvalue weighted by atomic mass is 10.0. The van der Waals surface area contributed by atoms with Crippen LogP contribution >= 0.6 is 11.6 Å². The molecule has 1 amide bonds. The quantitative estimate of drug-likeness (QED) is 0.854. The van der Waals surface area contributed by atoms with Crippen molar-refractivity contribution in [2.24, 2.45) is 0 Å². The molecule has 1 aliphatic heterocycles. The number of likely N-dealkylation sites (tertiary alicyclic amines) is 1. The molecule has 2 aromatic rings. The number of aromatic nitrogens is 1. The number of nitrogens with one attached hydrogen (secondary N) is 1. The fraction of sp³-hybridized carbons (Fsp3) is 0.556. The van der Waals surface area contributed by atoms with Crippen molar-refractivity contribution >= 4 is 28.6 Å². The van der Waals surface area contributed by atoms with Gasteiger partial charge < -0.3 is 14.6 Å². The van der Waals surface area contributed by atoms with Crippen LogP contribution in [0.5, 0.6) is 0 Å². The van der Waals surface area contributed by atoms with E-state index >= 15 is 0 Å². The van der Waals surface area contributed by atoms with Gasteiger partial charge in [-0.3, -0.25) is 9.36 Å². The number of aryl methyl sites for hydroxylation is 1. The second-order valence-corrected chi connectivity index (χ2v) is 7.00. The van der Waals surface area contributed by atoms with E-state index in [1.807, 2.05) is 0 Å². The van der Waals surface area contributed by atoms with Gasteiger partial charge in [0.05, 0.1) is 5.52 Å². The molecule has 3 rings (SSSR count). The van der Waals surface area contributed by atoms with Gasteiger partial charge in [0.1, 0.15) is 0 Å². The number of benzene rings is 1. The Morgan fingerprint density at radius 1 is 1.32 bits per heavy atom. The molecule has 1 N–H and O–H groups in total. The van der Waals surface area contributed by atoms with Gasteiger partial charge >= 0.3 is 5.76 Å². The van der Waals surface area contributed by atoms with Crippen molar-refractivity contribution in [3.05, 3.63) is 33.8 Å². The lowest BCUT2D eigenvalue weighted by Crippen LogP contribution is -2.45. The number of carbonyl (C=O) groups is 1. The van der Waals surface area contributed by atoms with Gasteiger partial charge in [0.25, 0.3) is 0 Å². The third kappa shape index (κ3) is 4.44. The number of hydrogen-bond acceptors (Lipinski definition) is 4. The number of amides is 1. The smallest absolute Gasteiger partial charge is 0.408 e.